The number of aromatic nitrogens is 2. The molecule has 0 atom stereocenters. The number of sulfonamides is 1. The molecule has 0 unspecified atom stereocenters. The van der Waals surface area contributed by atoms with Gasteiger partial charge in [0.2, 0.25) is 10.0 Å². The van der Waals surface area contributed by atoms with Crippen molar-refractivity contribution >= 4 is 27.4 Å². The number of amides is 1. The fourth-order valence-corrected chi connectivity index (χ4v) is 6.37. The number of rotatable bonds is 5. The number of fused-ring (bicyclic) bond motifs is 1. The smallest absolute Gasteiger partial charge is 0.256 e. The van der Waals surface area contributed by atoms with Crippen molar-refractivity contribution in [1.82, 2.24) is 19.8 Å². The van der Waals surface area contributed by atoms with Crippen LogP contribution in [-0.2, 0) is 22.1 Å². The van der Waals surface area contributed by atoms with Crippen molar-refractivity contribution in [2.75, 3.05) is 36.4 Å². The van der Waals surface area contributed by atoms with Crippen molar-refractivity contribution in [3.63, 3.8) is 0 Å². The molecule has 1 fully saturated rings. The van der Waals surface area contributed by atoms with Gasteiger partial charge in [0.15, 0.2) is 5.82 Å². The Bertz CT molecular complexity index is 1300. The zero-order valence-electron chi connectivity index (χ0n) is 19.2. The number of nitrogens with zero attached hydrogens (tertiary/aromatic N) is 3. The highest BCUT2D eigenvalue weighted by Crippen LogP contribution is 2.43. The molecule has 9 nitrogen and oxygen atoms in total. The van der Waals surface area contributed by atoms with Crippen molar-refractivity contribution in [2.24, 2.45) is 0 Å². The van der Waals surface area contributed by atoms with Gasteiger partial charge in [-0.3, -0.25) is 9.89 Å². The Hall–Kier alpha value is -3.21. The first-order valence-electron chi connectivity index (χ1n) is 11.3. The van der Waals surface area contributed by atoms with Crippen molar-refractivity contribution in [2.45, 2.75) is 30.8 Å². The van der Waals surface area contributed by atoms with Crippen LogP contribution in [-0.4, -0.2) is 55.0 Å². The second-order valence-electron chi connectivity index (χ2n) is 9.05. The molecule has 34 heavy (non-hydrogen) atoms. The summed E-state index contributed by atoms with van der Waals surface area (Å²) in [5, 5.41) is 13.4. The molecular formula is C24H28N6O3S. The molecule has 2 aromatic carbocycles. The van der Waals surface area contributed by atoms with Crippen molar-refractivity contribution in [1.29, 1.82) is 0 Å². The molecule has 0 bridgehead atoms. The van der Waals surface area contributed by atoms with Crippen LogP contribution in [0.5, 0.6) is 0 Å². The highest BCUT2D eigenvalue weighted by Gasteiger charge is 2.47. The molecule has 5 rings (SSSR count). The minimum atomic E-state index is -3.73. The van der Waals surface area contributed by atoms with Gasteiger partial charge in [-0.15, -0.1) is 0 Å². The van der Waals surface area contributed by atoms with Crippen LogP contribution in [0.25, 0.3) is 0 Å². The summed E-state index contributed by atoms with van der Waals surface area (Å²) in [7, 11) is -3.73. The first-order chi connectivity index (χ1) is 16.3. The second kappa shape index (κ2) is 8.53. The molecule has 1 amide bonds. The molecule has 3 aromatic rings. The third-order valence-electron chi connectivity index (χ3n) is 6.58. The molecule has 3 heterocycles. The normalized spacial score (nSPS) is 18.0. The summed E-state index contributed by atoms with van der Waals surface area (Å²) < 4.78 is 28.1. The lowest BCUT2D eigenvalue weighted by atomic mass is 10.0. The minimum absolute atomic E-state index is 0.119. The predicted molar refractivity (Wildman–Crippen MR) is 130 cm³/mol. The number of benzene rings is 2. The Balaban J connectivity index is 1.35. The average molecular weight is 481 g/mol. The highest BCUT2D eigenvalue weighted by atomic mass is 32.2. The first kappa shape index (κ1) is 22.6. The third kappa shape index (κ3) is 3.87. The van der Waals surface area contributed by atoms with E-state index < -0.39 is 15.6 Å². The SMILES string of the molecule is CC1(C)c2[nH]nc(NC(=O)c3ccc(N4CCNCC4)cc3)c2CN1S(=O)(=O)c1ccccc1. The molecule has 10 heteroatoms. The number of hydrogen-bond donors (Lipinski definition) is 3. The fraction of sp³-hybridized carbons (Fsp3) is 0.333. The van der Waals surface area contributed by atoms with Gasteiger partial charge in [0.05, 0.1) is 16.1 Å². The lowest BCUT2D eigenvalue weighted by Gasteiger charge is -2.30. The maximum absolute atomic E-state index is 13.3. The molecule has 178 valence electrons. The maximum Gasteiger partial charge on any atom is 0.256 e. The average Bonchev–Trinajstić information content (AvgIpc) is 3.38. The Morgan fingerprint density at radius 2 is 1.71 bits per heavy atom. The lowest BCUT2D eigenvalue weighted by molar-refractivity contribution is 0.102. The van der Waals surface area contributed by atoms with Gasteiger partial charge in [-0.05, 0) is 50.2 Å². The summed E-state index contributed by atoms with van der Waals surface area (Å²) >= 11 is 0. The molecule has 1 aromatic heterocycles. The minimum Gasteiger partial charge on any atom is -0.369 e. The topological polar surface area (TPSA) is 110 Å². The number of carbonyl (C=O) groups is 1. The summed E-state index contributed by atoms with van der Waals surface area (Å²) in [6, 6.07) is 15.9. The van der Waals surface area contributed by atoms with Crippen LogP contribution in [0.15, 0.2) is 59.5 Å². The molecule has 2 aliphatic rings. The van der Waals surface area contributed by atoms with Crippen LogP contribution in [0.2, 0.25) is 0 Å². The summed E-state index contributed by atoms with van der Waals surface area (Å²) in [5.41, 5.74) is 2.11. The fourth-order valence-electron chi connectivity index (χ4n) is 4.63. The van der Waals surface area contributed by atoms with Gasteiger partial charge in [-0.2, -0.15) is 9.40 Å². The Kier molecular flexibility index (Phi) is 5.67. The monoisotopic (exact) mass is 480 g/mol. The van der Waals surface area contributed by atoms with Crippen LogP contribution in [0.1, 0.15) is 35.5 Å². The molecule has 1 saturated heterocycles. The second-order valence-corrected chi connectivity index (χ2v) is 10.9. The summed E-state index contributed by atoms with van der Waals surface area (Å²) in [4.78, 5) is 15.5. The van der Waals surface area contributed by atoms with E-state index in [1.807, 2.05) is 26.0 Å². The number of aromatic amines is 1. The van der Waals surface area contributed by atoms with Gasteiger partial charge in [0.25, 0.3) is 5.91 Å². The van der Waals surface area contributed by atoms with E-state index in [-0.39, 0.29) is 17.3 Å². The number of nitrogens with one attached hydrogen (secondary N) is 3. The van der Waals surface area contributed by atoms with E-state index in [2.05, 4.69) is 25.7 Å². The predicted octanol–water partition coefficient (Wildman–Crippen LogP) is 2.51. The van der Waals surface area contributed by atoms with Crippen molar-refractivity contribution < 1.29 is 13.2 Å². The molecule has 0 spiro atoms. The molecular weight excluding hydrogens is 452 g/mol. The highest BCUT2D eigenvalue weighted by molar-refractivity contribution is 7.89. The summed E-state index contributed by atoms with van der Waals surface area (Å²) in [6.07, 6.45) is 0. The molecule has 0 radical (unpaired) electrons. The Morgan fingerprint density at radius 3 is 2.38 bits per heavy atom. The van der Waals surface area contributed by atoms with Crippen molar-refractivity contribution in [3.8, 4) is 0 Å². The van der Waals surface area contributed by atoms with E-state index in [9.17, 15) is 13.2 Å². The van der Waals surface area contributed by atoms with Crippen molar-refractivity contribution in [3.05, 3.63) is 71.4 Å². The van der Waals surface area contributed by atoms with E-state index in [0.29, 0.717) is 22.6 Å². The molecule has 0 saturated carbocycles. The maximum atomic E-state index is 13.3. The number of hydrogen-bond acceptors (Lipinski definition) is 6. The number of carbonyl (C=O) groups excluding carboxylic acids is 1. The zero-order valence-corrected chi connectivity index (χ0v) is 20.0. The summed E-state index contributed by atoms with van der Waals surface area (Å²) in [6.45, 7) is 7.54. The van der Waals surface area contributed by atoms with Gasteiger partial charge < -0.3 is 15.5 Å². The van der Waals surface area contributed by atoms with Gasteiger partial charge in [-0.1, -0.05) is 18.2 Å². The zero-order chi connectivity index (χ0) is 23.9. The van der Waals surface area contributed by atoms with E-state index in [1.54, 1.807) is 42.5 Å². The van der Waals surface area contributed by atoms with Gasteiger partial charge in [0, 0.05) is 49.5 Å². The van der Waals surface area contributed by atoms with Gasteiger partial charge in [0.1, 0.15) is 0 Å². The number of piperazine rings is 1. The van der Waals surface area contributed by atoms with Crippen LogP contribution in [0.4, 0.5) is 11.5 Å². The lowest BCUT2D eigenvalue weighted by Crippen LogP contribution is -2.43. The first-order valence-corrected chi connectivity index (χ1v) is 12.8. The quantitative estimate of drug-likeness (QED) is 0.518. The summed E-state index contributed by atoms with van der Waals surface area (Å²) in [5.74, 6) is 0.0633. The largest absolute Gasteiger partial charge is 0.369 e. The third-order valence-corrected chi connectivity index (χ3v) is 8.61. The van der Waals surface area contributed by atoms with Gasteiger partial charge >= 0.3 is 0 Å². The molecule has 2 aliphatic heterocycles. The number of H-pyrrole nitrogens is 1. The molecule has 0 aliphatic carbocycles. The van der Waals surface area contributed by atoms with Crippen LogP contribution < -0.4 is 15.5 Å². The Labute approximate surface area is 199 Å². The van der Waals surface area contributed by atoms with E-state index in [1.165, 1.54) is 4.31 Å². The van der Waals surface area contributed by atoms with E-state index >= 15 is 0 Å². The van der Waals surface area contributed by atoms with Crippen LogP contribution in [0.3, 0.4) is 0 Å². The molecule has 3 N–H and O–H groups in total. The van der Waals surface area contributed by atoms with Crippen LogP contribution in [0, 0.1) is 0 Å². The van der Waals surface area contributed by atoms with Gasteiger partial charge in [-0.25, -0.2) is 8.42 Å². The standard InChI is InChI=1S/C24H28N6O3S/c1-24(2)21-20(16-30(24)34(32,33)19-6-4-3-5-7-19)22(28-27-21)26-23(31)17-8-10-18(11-9-17)29-14-12-25-13-15-29/h3-11,25H,12-16H2,1-2H3,(H2,26,27,28,31). The van der Waals surface area contributed by atoms with E-state index in [4.69, 9.17) is 0 Å². The Morgan fingerprint density at radius 1 is 1.03 bits per heavy atom. The van der Waals surface area contributed by atoms with E-state index in [0.717, 1.165) is 31.9 Å². The number of anilines is 2. The van der Waals surface area contributed by atoms with Crippen LogP contribution >= 0.6 is 0 Å².